The Morgan fingerprint density at radius 3 is 2.53 bits per heavy atom. The fourth-order valence-electron chi connectivity index (χ4n) is 2.81. The molecule has 0 bridgehead atoms. The number of aromatic nitrogens is 1. The number of thiazole rings is 1. The van der Waals surface area contributed by atoms with Crippen molar-refractivity contribution in [3.8, 4) is 0 Å². The maximum Gasteiger partial charge on any atom is 0.407 e. The molecule has 1 atom stereocenters. The fourth-order valence-corrected chi connectivity index (χ4v) is 3.63. The smallest absolute Gasteiger partial charge is 0.407 e. The minimum atomic E-state index is -0.494. The van der Waals surface area contributed by atoms with Gasteiger partial charge in [-0.2, -0.15) is 0 Å². The maximum absolute atomic E-state index is 12.1. The van der Waals surface area contributed by atoms with Crippen molar-refractivity contribution in [3.05, 3.63) is 16.1 Å². The molecule has 1 heterocycles. The third kappa shape index (κ3) is 11.9. The molecule has 0 saturated carbocycles. The highest BCUT2D eigenvalue weighted by atomic mass is 127. The van der Waals surface area contributed by atoms with E-state index < -0.39 is 5.60 Å². The van der Waals surface area contributed by atoms with Gasteiger partial charge in [0.1, 0.15) is 5.60 Å². The second-order valence-corrected chi connectivity index (χ2v) is 9.61. The van der Waals surface area contributed by atoms with Gasteiger partial charge in [0.15, 0.2) is 5.96 Å². The highest BCUT2D eigenvalue weighted by molar-refractivity contribution is 14.0. The normalized spacial score (nSPS) is 12.9. The number of carbonyl (C=O) groups is 1. The summed E-state index contributed by atoms with van der Waals surface area (Å²) in [6.45, 7) is 13.5. The number of alkyl carbamates (subject to hydrolysis) is 1. The zero-order valence-electron chi connectivity index (χ0n) is 19.7. The molecule has 7 nitrogen and oxygen atoms in total. The topological polar surface area (TPSA) is 78.9 Å². The predicted molar refractivity (Wildman–Crippen MR) is 137 cm³/mol. The summed E-state index contributed by atoms with van der Waals surface area (Å²) >= 11 is 1.72. The zero-order valence-corrected chi connectivity index (χ0v) is 22.9. The molecule has 30 heavy (non-hydrogen) atoms. The molecule has 174 valence electrons. The van der Waals surface area contributed by atoms with Crippen LogP contribution >= 0.6 is 35.3 Å². The number of guanidine groups is 1. The maximum atomic E-state index is 12.1. The molecule has 1 rings (SSSR count). The Morgan fingerprint density at radius 1 is 1.37 bits per heavy atom. The van der Waals surface area contributed by atoms with Crippen LogP contribution in [-0.2, 0) is 11.2 Å². The van der Waals surface area contributed by atoms with Crippen LogP contribution < -0.4 is 10.6 Å². The molecule has 0 spiro atoms. The quantitative estimate of drug-likeness (QED) is 0.205. The van der Waals surface area contributed by atoms with E-state index in [4.69, 9.17) is 4.74 Å². The Balaban J connectivity index is 0.00000841. The van der Waals surface area contributed by atoms with Crippen LogP contribution in [0, 0.1) is 12.8 Å². The molecular weight excluding hydrogens is 513 g/mol. The molecule has 0 radical (unpaired) electrons. The summed E-state index contributed by atoms with van der Waals surface area (Å²) in [7, 11) is 3.81. The van der Waals surface area contributed by atoms with Crippen LogP contribution in [0.2, 0.25) is 0 Å². The Bertz CT molecular complexity index is 658. The largest absolute Gasteiger partial charge is 0.444 e. The van der Waals surface area contributed by atoms with E-state index in [1.807, 2.05) is 34.7 Å². The molecule has 1 unspecified atom stereocenters. The number of amides is 1. The molecule has 2 N–H and O–H groups in total. The van der Waals surface area contributed by atoms with E-state index in [9.17, 15) is 4.79 Å². The molecule has 1 aromatic rings. The number of carbonyl (C=O) groups excluding carboxylic acids is 1. The van der Waals surface area contributed by atoms with Crippen molar-refractivity contribution in [2.45, 2.75) is 72.4 Å². The van der Waals surface area contributed by atoms with Crippen molar-refractivity contribution in [1.82, 2.24) is 20.5 Å². The molecule has 0 saturated heterocycles. The highest BCUT2D eigenvalue weighted by Crippen LogP contribution is 2.12. The first kappa shape index (κ1) is 28.9. The van der Waals surface area contributed by atoms with Crippen LogP contribution in [0.15, 0.2) is 10.4 Å². The first-order valence-electron chi connectivity index (χ1n) is 10.3. The molecule has 0 aromatic carbocycles. The molecule has 0 aliphatic carbocycles. The van der Waals surface area contributed by atoms with Gasteiger partial charge in [-0.1, -0.05) is 13.8 Å². The Labute approximate surface area is 203 Å². The number of halogens is 1. The summed E-state index contributed by atoms with van der Waals surface area (Å²) in [5.74, 6) is 1.17. The van der Waals surface area contributed by atoms with Crippen molar-refractivity contribution < 1.29 is 9.53 Å². The minimum absolute atomic E-state index is 0. The number of nitrogens with one attached hydrogen (secondary N) is 2. The molecule has 1 amide bonds. The van der Waals surface area contributed by atoms with E-state index in [-0.39, 0.29) is 36.1 Å². The van der Waals surface area contributed by atoms with Crippen molar-refractivity contribution in [1.29, 1.82) is 0 Å². The molecule has 9 heteroatoms. The van der Waals surface area contributed by atoms with Crippen molar-refractivity contribution in [2.24, 2.45) is 10.9 Å². The molecule has 1 aromatic heterocycles. The van der Waals surface area contributed by atoms with Crippen LogP contribution in [0.1, 0.15) is 58.2 Å². The lowest BCUT2D eigenvalue weighted by molar-refractivity contribution is 0.0486. The van der Waals surface area contributed by atoms with E-state index in [0.717, 1.165) is 44.0 Å². The summed E-state index contributed by atoms with van der Waals surface area (Å²) in [6.07, 6.45) is 2.43. The summed E-state index contributed by atoms with van der Waals surface area (Å²) < 4.78 is 5.39. The minimum Gasteiger partial charge on any atom is -0.444 e. The average Bonchev–Trinajstić information content (AvgIpc) is 3.01. The van der Waals surface area contributed by atoms with Crippen molar-refractivity contribution in [2.75, 3.05) is 27.2 Å². The van der Waals surface area contributed by atoms with E-state index in [1.165, 1.54) is 5.01 Å². The van der Waals surface area contributed by atoms with Crippen LogP contribution in [0.4, 0.5) is 4.79 Å². The third-order valence-electron chi connectivity index (χ3n) is 4.37. The number of hydrogen-bond donors (Lipinski definition) is 2. The lowest BCUT2D eigenvalue weighted by Gasteiger charge is -2.28. The Morgan fingerprint density at radius 2 is 2.03 bits per heavy atom. The number of nitrogens with zero attached hydrogens (tertiary/aromatic N) is 3. The highest BCUT2D eigenvalue weighted by Gasteiger charge is 2.22. The lowest BCUT2D eigenvalue weighted by Crippen LogP contribution is -2.45. The summed E-state index contributed by atoms with van der Waals surface area (Å²) in [5, 5.41) is 9.69. The standard InChI is InChI=1S/C21H39N5O2S.HI/c1-15(2)17(25-20(27)28-21(4,5)6)11-13-26(8)19(22-7)23-12-9-10-18-24-16(3)14-29-18;/h14-15,17H,9-13H2,1-8H3,(H,22,23)(H,25,27);1H. The second kappa shape index (κ2) is 14.1. The van der Waals surface area contributed by atoms with Gasteiger partial charge in [-0.3, -0.25) is 4.99 Å². The number of aryl methyl sites for hydroxylation is 2. The number of ether oxygens (including phenoxy) is 1. The molecule has 0 aliphatic rings. The van der Waals surface area contributed by atoms with Gasteiger partial charge >= 0.3 is 6.09 Å². The number of hydrogen-bond acceptors (Lipinski definition) is 5. The average molecular weight is 554 g/mol. The first-order chi connectivity index (χ1) is 13.5. The third-order valence-corrected chi connectivity index (χ3v) is 5.40. The predicted octanol–water partition coefficient (Wildman–Crippen LogP) is 4.45. The van der Waals surface area contributed by atoms with Crippen LogP contribution in [-0.4, -0.2) is 60.8 Å². The molecule has 0 aliphatic heterocycles. The van der Waals surface area contributed by atoms with Crippen LogP contribution in [0.25, 0.3) is 0 Å². The summed E-state index contributed by atoms with van der Waals surface area (Å²) in [5.41, 5.74) is 0.597. The molecule has 0 fully saturated rings. The van der Waals surface area contributed by atoms with E-state index in [0.29, 0.717) is 5.92 Å². The Kier molecular flexibility index (Phi) is 13.5. The summed E-state index contributed by atoms with van der Waals surface area (Å²) in [6, 6.07) is 0.0403. The van der Waals surface area contributed by atoms with E-state index >= 15 is 0 Å². The first-order valence-corrected chi connectivity index (χ1v) is 11.2. The van der Waals surface area contributed by atoms with Crippen LogP contribution in [0.3, 0.4) is 0 Å². The lowest BCUT2D eigenvalue weighted by atomic mass is 10.0. The number of rotatable bonds is 9. The van der Waals surface area contributed by atoms with Crippen molar-refractivity contribution >= 4 is 47.4 Å². The monoisotopic (exact) mass is 553 g/mol. The van der Waals surface area contributed by atoms with Gasteiger partial charge in [-0.05, 0) is 46.5 Å². The van der Waals surface area contributed by atoms with Crippen LogP contribution in [0.5, 0.6) is 0 Å². The van der Waals surface area contributed by atoms with Gasteiger partial charge in [-0.15, -0.1) is 35.3 Å². The van der Waals surface area contributed by atoms with Gasteiger partial charge in [0.05, 0.1) is 5.01 Å². The van der Waals surface area contributed by atoms with Gasteiger partial charge in [0, 0.05) is 50.7 Å². The Hall–Kier alpha value is -1.10. The van der Waals surface area contributed by atoms with Gasteiger partial charge in [0.25, 0.3) is 0 Å². The van der Waals surface area contributed by atoms with Gasteiger partial charge < -0.3 is 20.3 Å². The number of aliphatic imine (C=N–C) groups is 1. The zero-order chi connectivity index (χ0) is 22.0. The second-order valence-electron chi connectivity index (χ2n) is 8.67. The SMILES string of the molecule is CN=C(NCCCc1nc(C)cs1)N(C)CCC(NC(=O)OC(C)(C)C)C(C)C.I. The van der Waals surface area contributed by atoms with E-state index in [1.54, 1.807) is 18.4 Å². The van der Waals surface area contributed by atoms with Gasteiger partial charge in [-0.25, -0.2) is 9.78 Å². The fraction of sp³-hybridized carbons (Fsp3) is 0.762. The van der Waals surface area contributed by atoms with Crippen molar-refractivity contribution in [3.63, 3.8) is 0 Å². The summed E-state index contributed by atoms with van der Waals surface area (Å²) in [4.78, 5) is 23.1. The molecular formula is C21H40IN5O2S. The van der Waals surface area contributed by atoms with Gasteiger partial charge in [0.2, 0.25) is 0 Å². The van der Waals surface area contributed by atoms with E-state index in [2.05, 4.69) is 44.7 Å².